The molecule has 5 heteroatoms. The average molecular weight is 214 g/mol. The maximum Gasteiger partial charge on any atom is 0.305 e. The predicted molar refractivity (Wildman–Crippen MR) is 55.3 cm³/mol. The van der Waals surface area contributed by atoms with Crippen LogP contribution in [-0.4, -0.2) is 41.0 Å². The molecular weight excluding hydrogens is 196 g/mol. The first kappa shape index (κ1) is 12.0. The van der Waals surface area contributed by atoms with E-state index in [2.05, 4.69) is 0 Å². The van der Waals surface area contributed by atoms with Gasteiger partial charge in [0.1, 0.15) is 0 Å². The van der Waals surface area contributed by atoms with Gasteiger partial charge in [0.15, 0.2) is 0 Å². The molecule has 1 fully saturated rings. The van der Waals surface area contributed by atoms with Crippen molar-refractivity contribution in [3.8, 4) is 0 Å². The first-order chi connectivity index (χ1) is 7.11. The third-order valence-corrected chi connectivity index (χ3v) is 2.63. The number of amides is 1. The summed E-state index contributed by atoms with van der Waals surface area (Å²) < 4.78 is 0. The first-order valence-corrected chi connectivity index (χ1v) is 5.37. The lowest BCUT2D eigenvalue weighted by Gasteiger charge is -2.23. The molecule has 1 aliphatic heterocycles. The van der Waals surface area contributed by atoms with Gasteiger partial charge in [-0.2, -0.15) is 0 Å². The molecule has 0 aromatic rings. The van der Waals surface area contributed by atoms with E-state index in [9.17, 15) is 9.59 Å². The third-order valence-electron chi connectivity index (χ3n) is 2.63. The third kappa shape index (κ3) is 3.87. The Labute approximate surface area is 89.2 Å². The van der Waals surface area contributed by atoms with Crippen LogP contribution in [0.2, 0.25) is 0 Å². The maximum absolute atomic E-state index is 11.7. The van der Waals surface area contributed by atoms with Crippen LogP contribution < -0.4 is 5.73 Å². The van der Waals surface area contributed by atoms with E-state index < -0.39 is 12.0 Å². The predicted octanol–water partition coefficient (Wildman–Crippen LogP) is 0.191. The highest BCUT2D eigenvalue weighted by molar-refractivity contribution is 5.85. The van der Waals surface area contributed by atoms with Gasteiger partial charge < -0.3 is 15.7 Å². The number of carbonyl (C=O) groups is 2. The van der Waals surface area contributed by atoms with Crippen molar-refractivity contribution in [3.63, 3.8) is 0 Å². The largest absolute Gasteiger partial charge is 0.481 e. The van der Waals surface area contributed by atoms with Gasteiger partial charge in [0.25, 0.3) is 0 Å². The van der Waals surface area contributed by atoms with E-state index in [1.165, 1.54) is 0 Å². The lowest BCUT2D eigenvalue weighted by atomic mass is 10.2. The highest BCUT2D eigenvalue weighted by Crippen LogP contribution is 2.10. The van der Waals surface area contributed by atoms with E-state index in [4.69, 9.17) is 10.8 Å². The molecule has 0 radical (unpaired) electrons. The molecular formula is C10H18N2O3. The van der Waals surface area contributed by atoms with Crippen LogP contribution in [-0.2, 0) is 9.59 Å². The number of carboxylic acid groups (broad SMARTS) is 1. The van der Waals surface area contributed by atoms with Crippen LogP contribution in [0.4, 0.5) is 0 Å². The van der Waals surface area contributed by atoms with Gasteiger partial charge in [0.05, 0.1) is 12.5 Å². The average Bonchev–Trinajstić information content (AvgIpc) is 2.43. The highest BCUT2D eigenvalue weighted by Gasteiger charge is 2.23. The monoisotopic (exact) mass is 214 g/mol. The van der Waals surface area contributed by atoms with E-state index in [1.54, 1.807) is 4.90 Å². The molecule has 0 spiro atoms. The molecule has 1 amide bonds. The van der Waals surface area contributed by atoms with Crippen LogP contribution in [0, 0.1) is 0 Å². The quantitative estimate of drug-likeness (QED) is 0.702. The van der Waals surface area contributed by atoms with Gasteiger partial charge in [-0.3, -0.25) is 9.59 Å². The Morgan fingerprint density at radius 1 is 1.20 bits per heavy atom. The fourth-order valence-electron chi connectivity index (χ4n) is 1.80. The van der Waals surface area contributed by atoms with Crippen LogP contribution >= 0.6 is 0 Å². The summed E-state index contributed by atoms with van der Waals surface area (Å²) in [5, 5.41) is 8.54. The topological polar surface area (TPSA) is 83.6 Å². The Morgan fingerprint density at radius 3 is 2.20 bits per heavy atom. The smallest absolute Gasteiger partial charge is 0.305 e. The van der Waals surface area contributed by atoms with Crippen molar-refractivity contribution in [1.29, 1.82) is 0 Å². The zero-order chi connectivity index (χ0) is 11.3. The summed E-state index contributed by atoms with van der Waals surface area (Å²) in [4.78, 5) is 23.8. The molecule has 3 N–H and O–H groups in total. The van der Waals surface area contributed by atoms with Crippen LogP contribution in [0.5, 0.6) is 0 Å². The number of nitrogens with zero attached hydrogens (tertiary/aromatic N) is 1. The number of likely N-dealkylation sites (tertiary alicyclic amines) is 1. The first-order valence-electron chi connectivity index (χ1n) is 5.37. The van der Waals surface area contributed by atoms with Crippen molar-refractivity contribution in [3.05, 3.63) is 0 Å². The Morgan fingerprint density at radius 2 is 1.73 bits per heavy atom. The zero-order valence-corrected chi connectivity index (χ0v) is 8.82. The zero-order valence-electron chi connectivity index (χ0n) is 8.82. The van der Waals surface area contributed by atoms with Gasteiger partial charge in [0.2, 0.25) is 5.91 Å². The summed E-state index contributed by atoms with van der Waals surface area (Å²) >= 11 is 0. The summed E-state index contributed by atoms with van der Waals surface area (Å²) in [5.41, 5.74) is 5.53. The second kappa shape index (κ2) is 5.70. The summed E-state index contributed by atoms with van der Waals surface area (Å²) in [7, 11) is 0. The highest BCUT2D eigenvalue weighted by atomic mass is 16.4. The number of carbonyl (C=O) groups excluding carboxylic acids is 1. The molecule has 0 aliphatic carbocycles. The van der Waals surface area contributed by atoms with E-state index >= 15 is 0 Å². The molecule has 1 atom stereocenters. The van der Waals surface area contributed by atoms with Crippen molar-refractivity contribution >= 4 is 11.9 Å². The Bertz CT molecular complexity index is 235. The lowest BCUT2D eigenvalue weighted by Crippen LogP contribution is -2.45. The number of nitrogens with two attached hydrogens (primary N) is 1. The number of carboxylic acids is 1. The summed E-state index contributed by atoms with van der Waals surface area (Å²) in [6.07, 6.45) is 3.97. The molecule has 0 aromatic heterocycles. The maximum atomic E-state index is 11.7. The van der Waals surface area contributed by atoms with Crippen molar-refractivity contribution in [2.45, 2.75) is 38.1 Å². The molecule has 1 unspecified atom stereocenters. The van der Waals surface area contributed by atoms with E-state index in [0.29, 0.717) is 13.1 Å². The van der Waals surface area contributed by atoms with Crippen LogP contribution in [0.1, 0.15) is 32.1 Å². The molecule has 15 heavy (non-hydrogen) atoms. The number of hydrogen-bond donors (Lipinski definition) is 2. The van der Waals surface area contributed by atoms with Crippen molar-refractivity contribution < 1.29 is 14.7 Å². The van der Waals surface area contributed by atoms with Gasteiger partial charge in [0, 0.05) is 13.1 Å². The van der Waals surface area contributed by atoms with Gasteiger partial charge in [-0.1, -0.05) is 12.8 Å². The van der Waals surface area contributed by atoms with E-state index in [-0.39, 0.29) is 12.3 Å². The van der Waals surface area contributed by atoms with Crippen LogP contribution in [0.15, 0.2) is 0 Å². The van der Waals surface area contributed by atoms with Gasteiger partial charge in [-0.15, -0.1) is 0 Å². The van der Waals surface area contributed by atoms with Gasteiger partial charge in [-0.05, 0) is 12.8 Å². The molecule has 0 bridgehead atoms. The van der Waals surface area contributed by atoms with Gasteiger partial charge >= 0.3 is 5.97 Å². The van der Waals surface area contributed by atoms with E-state index in [1.807, 2.05) is 0 Å². The molecule has 86 valence electrons. The standard InChI is InChI=1S/C10H18N2O3/c11-8(7-9(13)14)10(15)12-5-3-1-2-4-6-12/h8H,1-7,11H2,(H,13,14). The molecule has 1 heterocycles. The Kier molecular flexibility index (Phi) is 4.55. The fourth-order valence-corrected chi connectivity index (χ4v) is 1.80. The Balaban J connectivity index is 2.46. The molecule has 0 aromatic carbocycles. The lowest BCUT2D eigenvalue weighted by molar-refractivity contribution is -0.142. The van der Waals surface area contributed by atoms with Crippen molar-refractivity contribution in [1.82, 2.24) is 4.90 Å². The molecule has 1 aliphatic rings. The van der Waals surface area contributed by atoms with Gasteiger partial charge in [-0.25, -0.2) is 0 Å². The number of aliphatic carboxylic acids is 1. The summed E-state index contributed by atoms with van der Waals surface area (Å²) in [6, 6.07) is -0.888. The number of rotatable bonds is 3. The molecule has 5 nitrogen and oxygen atoms in total. The SMILES string of the molecule is NC(CC(=O)O)C(=O)N1CCCCCC1. The van der Waals surface area contributed by atoms with Crippen LogP contribution in [0.3, 0.4) is 0 Å². The minimum Gasteiger partial charge on any atom is -0.481 e. The molecule has 0 saturated carbocycles. The molecule has 1 rings (SSSR count). The van der Waals surface area contributed by atoms with Crippen LogP contribution in [0.25, 0.3) is 0 Å². The summed E-state index contributed by atoms with van der Waals surface area (Å²) in [5.74, 6) is -1.25. The number of hydrogen-bond acceptors (Lipinski definition) is 3. The Hall–Kier alpha value is -1.10. The van der Waals surface area contributed by atoms with Crippen molar-refractivity contribution in [2.24, 2.45) is 5.73 Å². The van der Waals surface area contributed by atoms with Crippen molar-refractivity contribution in [2.75, 3.05) is 13.1 Å². The normalized spacial score (nSPS) is 19.4. The molecule has 1 saturated heterocycles. The second-order valence-electron chi connectivity index (χ2n) is 3.94. The summed E-state index contributed by atoms with van der Waals surface area (Å²) in [6.45, 7) is 1.43. The minimum atomic E-state index is -1.02. The fraction of sp³-hybridized carbons (Fsp3) is 0.800. The second-order valence-corrected chi connectivity index (χ2v) is 3.94. The van der Waals surface area contributed by atoms with E-state index in [0.717, 1.165) is 25.7 Å². The minimum absolute atomic E-state index is 0.223.